The number of nitrogens with zero attached hydrogens (tertiary/aromatic N) is 2. The first-order valence-corrected chi connectivity index (χ1v) is 14.1. The summed E-state index contributed by atoms with van der Waals surface area (Å²) >= 11 is 1.53. The molecule has 4 heterocycles. The highest BCUT2D eigenvalue weighted by molar-refractivity contribution is 7.14. The fraction of sp³-hybridized carbons (Fsp3) is 0.464. The van der Waals surface area contributed by atoms with Crippen molar-refractivity contribution >= 4 is 34.1 Å². The number of hydrogen-bond acceptors (Lipinski definition) is 7. The normalized spacial score (nSPS) is 17.5. The molecule has 2 amide bonds. The Balaban J connectivity index is 1.07. The lowest BCUT2D eigenvalue weighted by molar-refractivity contribution is 0.0881. The van der Waals surface area contributed by atoms with Crippen LogP contribution in [-0.4, -0.2) is 66.9 Å². The molecule has 0 radical (unpaired) electrons. The van der Waals surface area contributed by atoms with Gasteiger partial charge in [-0.15, -0.1) is 11.3 Å². The number of nitrogens with one attached hydrogen (secondary N) is 2. The fourth-order valence-electron chi connectivity index (χ4n) is 5.14. The van der Waals surface area contributed by atoms with Crippen LogP contribution >= 0.6 is 11.3 Å². The van der Waals surface area contributed by atoms with Crippen molar-refractivity contribution in [2.24, 2.45) is 0 Å². The standard InChI is InChI=1S/C28H33FN4O4S/c29-19-4-6-22-23(34)17-25(37-24(22)16-19)27(35)31-20-8-13-33(14-9-20)18-21-5-7-26(38-21)28(36)30-10-15-32-11-2-1-3-12-32/h4-7,16-17,20H,1-3,8-15,18H2,(H,30,36)(H,31,35). The van der Waals surface area contributed by atoms with Gasteiger partial charge in [0.15, 0.2) is 11.2 Å². The molecule has 2 saturated heterocycles. The number of piperidine rings is 2. The van der Waals surface area contributed by atoms with Crippen LogP contribution in [0.1, 0.15) is 57.2 Å². The van der Waals surface area contributed by atoms with Gasteiger partial charge >= 0.3 is 0 Å². The minimum absolute atomic E-state index is 0.0113. The van der Waals surface area contributed by atoms with E-state index in [1.165, 1.54) is 42.7 Å². The third-order valence-electron chi connectivity index (χ3n) is 7.26. The van der Waals surface area contributed by atoms with Crippen LogP contribution in [0, 0.1) is 5.82 Å². The lowest BCUT2D eigenvalue weighted by Gasteiger charge is -2.31. The Morgan fingerprint density at radius 3 is 2.55 bits per heavy atom. The summed E-state index contributed by atoms with van der Waals surface area (Å²) in [5, 5.41) is 6.23. The maximum Gasteiger partial charge on any atom is 0.287 e. The second kappa shape index (κ2) is 12.2. The molecule has 2 aromatic heterocycles. The molecule has 2 aliphatic rings. The molecule has 0 unspecified atom stereocenters. The summed E-state index contributed by atoms with van der Waals surface area (Å²) in [5.41, 5.74) is -0.319. The van der Waals surface area contributed by atoms with E-state index in [-0.39, 0.29) is 34.1 Å². The Morgan fingerprint density at radius 1 is 0.974 bits per heavy atom. The van der Waals surface area contributed by atoms with Gasteiger partial charge in [-0.2, -0.15) is 0 Å². The highest BCUT2D eigenvalue weighted by Crippen LogP contribution is 2.21. The van der Waals surface area contributed by atoms with E-state index in [1.54, 1.807) is 0 Å². The van der Waals surface area contributed by atoms with Crippen LogP contribution in [0.5, 0.6) is 0 Å². The molecule has 0 spiro atoms. The highest BCUT2D eigenvalue weighted by Gasteiger charge is 2.23. The quantitative estimate of drug-likeness (QED) is 0.454. The number of carbonyl (C=O) groups excluding carboxylic acids is 2. The van der Waals surface area contributed by atoms with Gasteiger partial charge in [-0.3, -0.25) is 19.3 Å². The van der Waals surface area contributed by atoms with Gasteiger partial charge in [0.05, 0.1) is 10.3 Å². The van der Waals surface area contributed by atoms with Gasteiger partial charge in [-0.25, -0.2) is 4.39 Å². The number of fused-ring (bicyclic) bond motifs is 1. The average molecular weight is 541 g/mol. The van der Waals surface area contributed by atoms with Crippen LogP contribution in [0.15, 0.2) is 45.6 Å². The summed E-state index contributed by atoms with van der Waals surface area (Å²) in [4.78, 5) is 44.1. The Bertz CT molecular complexity index is 1340. The van der Waals surface area contributed by atoms with Gasteiger partial charge in [0.2, 0.25) is 0 Å². The number of benzene rings is 1. The Labute approximate surface area is 224 Å². The van der Waals surface area contributed by atoms with Crippen LogP contribution in [-0.2, 0) is 6.54 Å². The van der Waals surface area contributed by atoms with Gasteiger partial charge < -0.3 is 20.0 Å². The summed E-state index contributed by atoms with van der Waals surface area (Å²) in [6.07, 6.45) is 5.31. The number of halogens is 1. The van der Waals surface area contributed by atoms with E-state index in [4.69, 9.17) is 4.42 Å². The molecular weight excluding hydrogens is 507 g/mol. The molecule has 8 nitrogen and oxygen atoms in total. The molecule has 5 rings (SSSR count). The van der Waals surface area contributed by atoms with Crippen molar-refractivity contribution in [3.05, 3.63) is 68.0 Å². The topological polar surface area (TPSA) is 94.9 Å². The van der Waals surface area contributed by atoms with E-state index in [0.29, 0.717) is 6.54 Å². The summed E-state index contributed by atoms with van der Waals surface area (Å²) in [5.74, 6) is -1.13. The lowest BCUT2D eigenvalue weighted by atomic mass is 10.0. The first kappa shape index (κ1) is 26.5. The molecule has 0 bridgehead atoms. The molecular formula is C28H33FN4O4S. The zero-order chi connectivity index (χ0) is 26.5. The van der Waals surface area contributed by atoms with Crippen molar-refractivity contribution < 1.29 is 18.4 Å². The number of amides is 2. The van der Waals surface area contributed by atoms with Crippen molar-refractivity contribution in [3.8, 4) is 0 Å². The van der Waals surface area contributed by atoms with Crippen molar-refractivity contribution in [2.45, 2.75) is 44.7 Å². The van der Waals surface area contributed by atoms with Gasteiger partial charge in [0.1, 0.15) is 11.4 Å². The molecule has 202 valence electrons. The van der Waals surface area contributed by atoms with Crippen LogP contribution in [0.25, 0.3) is 11.0 Å². The molecule has 38 heavy (non-hydrogen) atoms. The van der Waals surface area contributed by atoms with E-state index in [2.05, 4.69) is 20.4 Å². The van der Waals surface area contributed by atoms with Gasteiger partial charge in [0.25, 0.3) is 11.8 Å². The van der Waals surface area contributed by atoms with E-state index >= 15 is 0 Å². The third kappa shape index (κ3) is 6.67. The lowest BCUT2D eigenvalue weighted by Crippen LogP contribution is -2.44. The molecule has 3 aromatic rings. The predicted molar refractivity (Wildman–Crippen MR) is 145 cm³/mol. The first-order chi connectivity index (χ1) is 18.4. The van der Waals surface area contributed by atoms with Crippen molar-refractivity contribution in [1.82, 2.24) is 20.4 Å². The number of carbonyl (C=O) groups is 2. The van der Waals surface area contributed by atoms with Gasteiger partial charge in [-0.1, -0.05) is 6.42 Å². The van der Waals surface area contributed by atoms with E-state index in [9.17, 15) is 18.8 Å². The second-order valence-corrected chi connectivity index (χ2v) is 11.2. The van der Waals surface area contributed by atoms with Crippen LogP contribution in [0.3, 0.4) is 0 Å². The van der Waals surface area contributed by atoms with Gasteiger partial charge in [-0.05, 0) is 63.0 Å². The molecule has 1 aromatic carbocycles. The molecule has 0 aliphatic carbocycles. The summed E-state index contributed by atoms with van der Waals surface area (Å²) in [6.45, 7) is 6.18. The molecule has 10 heteroatoms. The average Bonchev–Trinajstić information content (AvgIpc) is 3.38. The van der Waals surface area contributed by atoms with Crippen molar-refractivity contribution in [3.63, 3.8) is 0 Å². The van der Waals surface area contributed by atoms with Crippen LogP contribution in [0.4, 0.5) is 4.39 Å². The Kier molecular flexibility index (Phi) is 8.51. The van der Waals surface area contributed by atoms with Crippen molar-refractivity contribution in [2.75, 3.05) is 39.3 Å². The smallest absolute Gasteiger partial charge is 0.287 e. The Hall–Kier alpha value is -3.08. The number of likely N-dealkylation sites (tertiary alicyclic amines) is 2. The first-order valence-electron chi connectivity index (χ1n) is 13.3. The maximum atomic E-state index is 13.5. The number of hydrogen-bond donors (Lipinski definition) is 2. The monoisotopic (exact) mass is 540 g/mol. The van der Waals surface area contributed by atoms with Crippen molar-refractivity contribution in [1.29, 1.82) is 0 Å². The highest BCUT2D eigenvalue weighted by atomic mass is 32.1. The number of thiophene rings is 1. The van der Waals surface area contributed by atoms with Crippen LogP contribution < -0.4 is 16.1 Å². The van der Waals surface area contributed by atoms with E-state index in [1.807, 2.05) is 12.1 Å². The SMILES string of the molecule is O=C(NC1CCN(Cc2ccc(C(=O)NCCN3CCCCC3)s2)CC1)c1cc(=O)c2ccc(F)cc2o1. The van der Waals surface area contributed by atoms with E-state index in [0.717, 1.165) is 74.0 Å². The fourth-order valence-corrected chi connectivity index (χ4v) is 6.10. The van der Waals surface area contributed by atoms with Gasteiger partial charge in [0, 0.05) is 55.8 Å². The molecule has 0 atom stereocenters. The minimum atomic E-state index is -0.531. The van der Waals surface area contributed by atoms with Crippen LogP contribution in [0.2, 0.25) is 0 Å². The summed E-state index contributed by atoms with van der Waals surface area (Å²) in [7, 11) is 0. The summed E-state index contributed by atoms with van der Waals surface area (Å²) in [6, 6.07) is 8.68. The number of rotatable bonds is 8. The Morgan fingerprint density at radius 2 is 1.76 bits per heavy atom. The minimum Gasteiger partial charge on any atom is -0.451 e. The molecule has 0 saturated carbocycles. The molecule has 2 N–H and O–H groups in total. The zero-order valence-electron chi connectivity index (χ0n) is 21.3. The maximum absolute atomic E-state index is 13.5. The van der Waals surface area contributed by atoms with E-state index < -0.39 is 11.7 Å². The molecule has 2 fully saturated rings. The third-order valence-corrected chi connectivity index (χ3v) is 8.33. The zero-order valence-corrected chi connectivity index (χ0v) is 22.2. The molecule has 2 aliphatic heterocycles. The summed E-state index contributed by atoms with van der Waals surface area (Å²) < 4.78 is 19.0. The largest absolute Gasteiger partial charge is 0.451 e. The second-order valence-electron chi connectivity index (χ2n) is 10.1. The predicted octanol–water partition coefficient (Wildman–Crippen LogP) is 3.60.